The highest BCUT2D eigenvalue weighted by Crippen LogP contribution is 2.37. The lowest BCUT2D eigenvalue weighted by Gasteiger charge is -2.50. The fourth-order valence-electron chi connectivity index (χ4n) is 7.27. The number of carbonyl (C=O) groups is 2. The third-order valence-electron chi connectivity index (χ3n) is 9.43. The van der Waals surface area contributed by atoms with E-state index in [0.29, 0.717) is 0 Å². The minimum absolute atomic E-state index is 0.0192. The normalized spacial score (nSPS) is 27.4. The predicted octanol–water partition coefficient (Wildman–Crippen LogP) is 3.84. The Hall–Kier alpha value is -2.79. The number of anilines is 1. The molecule has 2 aliphatic carbocycles. The molecular weight excluding hydrogens is 525 g/mol. The number of rotatable bonds is 5. The van der Waals surface area contributed by atoms with Crippen molar-refractivity contribution in [1.82, 2.24) is 30.1 Å². The van der Waals surface area contributed by atoms with Crippen LogP contribution in [0.1, 0.15) is 100 Å². The zero-order chi connectivity index (χ0) is 29.0. The summed E-state index contributed by atoms with van der Waals surface area (Å²) in [6.45, 7) is 0.825. The summed E-state index contributed by atoms with van der Waals surface area (Å²) in [5.74, 6) is -0.662. The number of nitrogen functional groups attached to an aromatic ring is 1. The number of ether oxygens (including phenoxy) is 1. The Bertz CT molecular complexity index is 1200. The molecule has 0 radical (unpaired) electrons. The molecular formula is C30H46FN7O3. The number of nitrogens with two attached hydrogens (primary N) is 1. The predicted molar refractivity (Wildman–Crippen MR) is 155 cm³/mol. The molecule has 3 fully saturated rings. The van der Waals surface area contributed by atoms with Crippen LogP contribution in [-0.4, -0.2) is 75.7 Å². The molecule has 1 spiro atoms. The number of fused-ring (bicyclic) bond motifs is 1. The first kappa shape index (κ1) is 29.7. The number of halogens is 1. The minimum Gasteiger partial charge on any atom is -0.381 e. The highest BCUT2D eigenvalue weighted by atomic mass is 19.1. The van der Waals surface area contributed by atoms with E-state index in [1.807, 2.05) is 14.1 Å². The van der Waals surface area contributed by atoms with Crippen LogP contribution < -0.4 is 16.4 Å². The molecule has 2 amide bonds. The van der Waals surface area contributed by atoms with Crippen LogP contribution in [-0.2, 0) is 9.53 Å². The quantitative estimate of drug-likeness (QED) is 0.498. The van der Waals surface area contributed by atoms with E-state index in [0.717, 1.165) is 70.5 Å². The van der Waals surface area contributed by atoms with Crippen LogP contribution in [0.25, 0.3) is 5.65 Å². The van der Waals surface area contributed by atoms with Gasteiger partial charge in [-0.25, -0.2) is 13.9 Å². The summed E-state index contributed by atoms with van der Waals surface area (Å²) in [5.41, 5.74) is 6.26. The number of nitrogens with zero attached hydrogens (tertiary/aromatic N) is 4. The molecule has 2 saturated carbocycles. The van der Waals surface area contributed by atoms with Crippen molar-refractivity contribution in [3.8, 4) is 0 Å². The number of hydrogen-bond donors (Lipinski definition) is 3. The lowest BCUT2D eigenvalue weighted by Crippen LogP contribution is -2.69. The van der Waals surface area contributed by atoms with Crippen LogP contribution in [0.4, 0.5) is 10.2 Å². The molecule has 1 saturated heterocycles. The second kappa shape index (κ2) is 13.0. The highest BCUT2D eigenvalue weighted by Gasteiger charge is 2.47. The van der Waals surface area contributed by atoms with Crippen molar-refractivity contribution < 1.29 is 18.7 Å². The molecule has 226 valence electrons. The second-order valence-corrected chi connectivity index (χ2v) is 12.5. The zero-order valence-corrected chi connectivity index (χ0v) is 24.5. The van der Waals surface area contributed by atoms with E-state index >= 15 is 0 Å². The smallest absolute Gasteiger partial charge is 0.259 e. The summed E-state index contributed by atoms with van der Waals surface area (Å²) in [6.07, 6.45) is 16.4. The van der Waals surface area contributed by atoms with Gasteiger partial charge in [0.2, 0.25) is 5.91 Å². The molecule has 3 aliphatic rings. The molecule has 2 atom stereocenters. The van der Waals surface area contributed by atoms with Crippen molar-refractivity contribution in [1.29, 1.82) is 0 Å². The van der Waals surface area contributed by atoms with Gasteiger partial charge < -0.3 is 26.0 Å². The van der Waals surface area contributed by atoms with Crippen LogP contribution in [0.3, 0.4) is 0 Å². The van der Waals surface area contributed by atoms with Gasteiger partial charge in [0.05, 0.1) is 30.6 Å². The Labute approximate surface area is 242 Å². The topological polar surface area (TPSA) is 127 Å². The van der Waals surface area contributed by atoms with Crippen molar-refractivity contribution in [2.24, 2.45) is 5.92 Å². The van der Waals surface area contributed by atoms with Gasteiger partial charge >= 0.3 is 0 Å². The van der Waals surface area contributed by atoms with Gasteiger partial charge in [0, 0.05) is 25.6 Å². The second-order valence-electron chi connectivity index (χ2n) is 12.5. The van der Waals surface area contributed by atoms with Gasteiger partial charge in [-0.3, -0.25) is 9.59 Å². The van der Waals surface area contributed by atoms with Gasteiger partial charge in [-0.05, 0) is 51.5 Å². The van der Waals surface area contributed by atoms with Crippen LogP contribution in [0.15, 0.2) is 12.4 Å². The Balaban J connectivity index is 1.39. The monoisotopic (exact) mass is 571 g/mol. The number of amides is 2. The van der Waals surface area contributed by atoms with E-state index in [9.17, 15) is 14.0 Å². The first-order chi connectivity index (χ1) is 19.8. The molecule has 41 heavy (non-hydrogen) atoms. The standard InChI is InChI=1S/C30H46FN7O3/c1-37(2)29(40)20-10-12-22(13-11-20)41-23-14-17-34-30(15-8-6-4-3-5-7-9-16-30)25(23)35-28(39)24-26(32)36-38-19-21(31)18-33-27(24)38/h18-20,22-23,25,34H,3-17H2,1-2H3,(H2,32,36)(H,35,39)/t20-,22+,23?,25?. The molecule has 5 rings (SSSR count). The van der Waals surface area contributed by atoms with Crippen molar-refractivity contribution in [2.75, 3.05) is 26.4 Å². The van der Waals surface area contributed by atoms with Crippen molar-refractivity contribution in [2.45, 2.75) is 114 Å². The number of hydrogen-bond acceptors (Lipinski definition) is 7. The van der Waals surface area contributed by atoms with E-state index in [1.165, 1.54) is 42.8 Å². The maximum absolute atomic E-state index is 13.9. The van der Waals surface area contributed by atoms with Gasteiger partial charge in [-0.2, -0.15) is 0 Å². The summed E-state index contributed by atoms with van der Waals surface area (Å²) in [6, 6.07) is -0.279. The number of aromatic nitrogens is 3. The van der Waals surface area contributed by atoms with Crippen molar-refractivity contribution in [3.63, 3.8) is 0 Å². The third kappa shape index (κ3) is 6.66. The Morgan fingerprint density at radius 2 is 1.73 bits per heavy atom. The molecule has 2 aromatic heterocycles. The van der Waals surface area contributed by atoms with Crippen LogP contribution in [0, 0.1) is 11.7 Å². The van der Waals surface area contributed by atoms with E-state index in [-0.39, 0.29) is 58.5 Å². The number of carbonyl (C=O) groups excluding carboxylic acids is 2. The molecule has 2 unspecified atom stereocenters. The highest BCUT2D eigenvalue weighted by molar-refractivity contribution is 6.04. The molecule has 0 bridgehead atoms. The summed E-state index contributed by atoms with van der Waals surface area (Å²) in [7, 11) is 3.63. The summed E-state index contributed by atoms with van der Waals surface area (Å²) in [4.78, 5) is 32.2. The molecule has 4 N–H and O–H groups in total. The van der Waals surface area contributed by atoms with Crippen molar-refractivity contribution in [3.05, 3.63) is 23.8 Å². The SMILES string of the molecule is CN(C)C(=O)[C@H]1CC[C@@H](OC2CCNC3(CCCCCCCCC3)C2NC(=O)c2c(N)nn3cc(F)cnc23)CC1. The fraction of sp³-hybridized carbons (Fsp3) is 0.733. The molecule has 11 heteroatoms. The Morgan fingerprint density at radius 1 is 1.07 bits per heavy atom. The fourth-order valence-corrected chi connectivity index (χ4v) is 7.27. The third-order valence-corrected chi connectivity index (χ3v) is 9.43. The number of piperidine rings is 1. The van der Waals surface area contributed by atoms with Crippen LogP contribution in [0.2, 0.25) is 0 Å². The van der Waals surface area contributed by atoms with Crippen LogP contribution >= 0.6 is 0 Å². The lowest BCUT2D eigenvalue weighted by molar-refractivity contribution is -0.136. The number of nitrogens with one attached hydrogen (secondary N) is 2. The summed E-state index contributed by atoms with van der Waals surface area (Å²) in [5, 5.41) is 11.3. The average molecular weight is 572 g/mol. The average Bonchev–Trinajstić information content (AvgIpc) is 3.28. The summed E-state index contributed by atoms with van der Waals surface area (Å²) < 4.78 is 21.9. The summed E-state index contributed by atoms with van der Waals surface area (Å²) >= 11 is 0. The van der Waals surface area contributed by atoms with Gasteiger partial charge in [0.15, 0.2) is 17.3 Å². The first-order valence-electron chi connectivity index (χ1n) is 15.5. The molecule has 3 heterocycles. The van der Waals surface area contributed by atoms with Gasteiger partial charge in [0.25, 0.3) is 5.91 Å². The maximum Gasteiger partial charge on any atom is 0.259 e. The van der Waals surface area contributed by atoms with E-state index < -0.39 is 5.82 Å². The molecule has 2 aromatic rings. The largest absolute Gasteiger partial charge is 0.381 e. The van der Waals surface area contributed by atoms with E-state index in [2.05, 4.69) is 20.7 Å². The van der Waals surface area contributed by atoms with E-state index in [1.54, 1.807) is 4.90 Å². The van der Waals surface area contributed by atoms with Crippen LogP contribution in [0.5, 0.6) is 0 Å². The van der Waals surface area contributed by atoms with Crippen molar-refractivity contribution >= 4 is 23.3 Å². The maximum atomic E-state index is 13.9. The first-order valence-corrected chi connectivity index (χ1v) is 15.5. The molecule has 1 aliphatic heterocycles. The molecule has 0 aromatic carbocycles. The van der Waals surface area contributed by atoms with Gasteiger partial charge in [0.1, 0.15) is 5.56 Å². The minimum atomic E-state index is -0.556. The Morgan fingerprint density at radius 3 is 2.39 bits per heavy atom. The Kier molecular flexibility index (Phi) is 9.43. The van der Waals surface area contributed by atoms with Gasteiger partial charge in [-0.15, -0.1) is 5.10 Å². The van der Waals surface area contributed by atoms with E-state index in [4.69, 9.17) is 10.5 Å². The lowest BCUT2D eigenvalue weighted by atomic mass is 9.73. The zero-order valence-electron chi connectivity index (χ0n) is 24.5. The van der Waals surface area contributed by atoms with Gasteiger partial charge in [-0.1, -0.05) is 44.9 Å². The molecule has 10 nitrogen and oxygen atoms in total.